The van der Waals surface area contributed by atoms with Gasteiger partial charge in [0.15, 0.2) is 5.78 Å². The van der Waals surface area contributed by atoms with Crippen LogP contribution in [0, 0.1) is 23.7 Å². The fraction of sp³-hybridized carbons (Fsp3) is 0.679. The predicted molar refractivity (Wildman–Crippen MR) is 281 cm³/mol. The largest absolute Gasteiger partial charge is 0.379 e. The molecule has 8 atom stereocenters. The van der Waals surface area contributed by atoms with Crippen molar-refractivity contribution in [3.8, 4) is 0 Å². The van der Waals surface area contributed by atoms with Crippen LogP contribution in [0.15, 0.2) is 54.1 Å². The fourth-order valence-corrected chi connectivity index (χ4v) is 11.7. The third kappa shape index (κ3) is 16.6. The molecule has 74 heavy (non-hydrogen) atoms. The molecule has 1 saturated heterocycles. The second-order valence-electron chi connectivity index (χ2n) is 20.6. The Labute approximate surface area is 442 Å². The summed E-state index contributed by atoms with van der Waals surface area (Å²) in [7, 11) is 4.92. The molecule has 2 fully saturated rings. The Morgan fingerprint density at radius 1 is 0.851 bits per heavy atom. The first-order valence-corrected chi connectivity index (χ1v) is 27.6. The predicted octanol–water partition coefficient (Wildman–Crippen LogP) is 6.37. The number of hydrogen-bond donors (Lipinski definition) is 1. The number of imide groups is 1. The lowest BCUT2D eigenvalue weighted by Gasteiger charge is -2.41. The van der Waals surface area contributed by atoms with Crippen molar-refractivity contribution in [3.63, 3.8) is 0 Å². The number of nitrogens with one attached hydrogen (secondary N) is 1. The molecule has 5 amide bonds. The summed E-state index contributed by atoms with van der Waals surface area (Å²) in [4.78, 5) is 104. The third-order valence-corrected chi connectivity index (χ3v) is 16.3. The molecule has 1 aromatic carbocycles. The van der Waals surface area contributed by atoms with Crippen LogP contribution in [0.25, 0.3) is 0 Å². The van der Waals surface area contributed by atoms with Crippen LogP contribution in [0.5, 0.6) is 0 Å². The third-order valence-electron chi connectivity index (χ3n) is 15.4. The molecule has 1 aliphatic carbocycles. The maximum Gasteiger partial charge on any atom is 0.253 e. The highest BCUT2D eigenvalue weighted by molar-refractivity contribution is 7.09. The molecular weight excluding hydrogens is 967 g/mol. The summed E-state index contributed by atoms with van der Waals surface area (Å²) in [5, 5.41) is 5.91. The number of carbonyl (C=O) groups excluding carboxylic acids is 7. The summed E-state index contributed by atoms with van der Waals surface area (Å²) < 4.78 is 28.9. The zero-order valence-corrected chi connectivity index (χ0v) is 45.9. The SMILES string of the molecule is CC[C@H](C)[C@@H]([C@@H](CC(=O)N1CCC[C@H]1[C@H](OC)[C@@H](C)C(=O)C[C@@H](Cc1ccccc1)c1nccs1)OC)N(C)C(=O)[C@@H](CC(=O)C1(NC(=O)CCOCCOCCOCCN2C(=O)C=CC2=O)CCCC1)C(C)C. The number of amides is 5. The summed E-state index contributed by atoms with van der Waals surface area (Å²) in [5.74, 6) is -2.96. The van der Waals surface area contributed by atoms with Gasteiger partial charge in [0.1, 0.15) is 5.78 Å². The Morgan fingerprint density at radius 2 is 1.50 bits per heavy atom. The molecule has 1 aromatic heterocycles. The molecule has 18 heteroatoms. The Hall–Kier alpha value is -4.72. The molecule has 3 aliphatic rings. The van der Waals surface area contributed by atoms with Crippen molar-refractivity contribution in [3.05, 3.63) is 64.6 Å². The van der Waals surface area contributed by atoms with Gasteiger partial charge in [-0.2, -0.15) is 0 Å². The van der Waals surface area contributed by atoms with Crippen molar-refractivity contribution >= 4 is 52.4 Å². The molecule has 5 rings (SSSR count). The lowest BCUT2D eigenvalue weighted by molar-refractivity contribution is -0.149. The van der Waals surface area contributed by atoms with E-state index in [-0.39, 0.29) is 124 Å². The zero-order chi connectivity index (χ0) is 53.8. The first kappa shape index (κ1) is 60.1. The number of hydrogen-bond acceptors (Lipinski definition) is 14. The highest BCUT2D eigenvalue weighted by atomic mass is 32.1. The monoisotopic (exact) mass is 1050 g/mol. The molecule has 1 saturated carbocycles. The number of Topliss-reactive ketones (excluding diaryl/α,β-unsaturated/α-hetero) is 2. The highest BCUT2D eigenvalue weighted by Gasteiger charge is 2.46. The van der Waals surface area contributed by atoms with Crippen molar-refractivity contribution in [1.29, 1.82) is 0 Å². The van der Waals surface area contributed by atoms with Crippen LogP contribution in [0.2, 0.25) is 0 Å². The normalized spacial score (nSPS) is 19.3. The van der Waals surface area contributed by atoms with Gasteiger partial charge in [0, 0.05) is 88.6 Å². The van der Waals surface area contributed by atoms with Crippen molar-refractivity contribution in [2.24, 2.45) is 23.7 Å². The molecule has 0 unspecified atom stereocenters. The van der Waals surface area contributed by atoms with Crippen LogP contribution >= 0.6 is 11.3 Å². The topological polar surface area (TPSA) is 200 Å². The minimum Gasteiger partial charge on any atom is -0.379 e. The van der Waals surface area contributed by atoms with E-state index in [0.717, 1.165) is 34.7 Å². The van der Waals surface area contributed by atoms with Crippen LogP contribution < -0.4 is 5.32 Å². The first-order chi connectivity index (χ1) is 35.5. The molecule has 3 heterocycles. The van der Waals surface area contributed by atoms with Gasteiger partial charge in [-0.05, 0) is 49.5 Å². The average molecular weight is 1050 g/mol. The average Bonchev–Trinajstić information content (AvgIpc) is 4.25. The maximum absolute atomic E-state index is 14.8. The van der Waals surface area contributed by atoms with Crippen molar-refractivity contribution in [2.75, 3.05) is 74.0 Å². The van der Waals surface area contributed by atoms with Crippen LogP contribution in [0.1, 0.15) is 122 Å². The Balaban J connectivity index is 1.14. The number of aromatic nitrogens is 1. The van der Waals surface area contributed by atoms with E-state index in [1.807, 2.05) is 63.1 Å². The number of ketones is 2. The Bertz CT molecular complexity index is 2130. The van der Waals surface area contributed by atoms with E-state index in [1.54, 1.807) is 43.7 Å². The van der Waals surface area contributed by atoms with E-state index in [9.17, 15) is 33.6 Å². The number of ether oxygens (including phenoxy) is 5. The van der Waals surface area contributed by atoms with Crippen LogP contribution in [0.4, 0.5) is 0 Å². The quantitative estimate of drug-likeness (QED) is 0.0599. The summed E-state index contributed by atoms with van der Waals surface area (Å²) in [6, 6.07) is 9.31. The van der Waals surface area contributed by atoms with E-state index in [0.29, 0.717) is 51.7 Å². The zero-order valence-electron chi connectivity index (χ0n) is 45.1. The minimum absolute atomic E-state index is 0.0147. The molecule has 2 aliphatic heterocycles. The summed E-state index contributed by atoms with van der Waals surface area (Å²) in [5.41, 5.74) is 0.0615. The van der Waals surface area contributed by atoms with Crippen LogP contribution in [-0.4, -0.2) is 165 Å². The van der Waals surface area contributed by atoms with E-state index < -0.39 is 35.6 Å². The number of thiazole rings is 1. The second-order valence-corrected chi connectivity index (χ2v) is 21.5. The second kappa shape index (κ2) is 30.1. The van der Waals surface area contributed by atoms with Gasteiger partial charge in [-0.1, -0.05) is 84.2 Å². The number of likely N-dealkylation sites (tertiary alicyclic amines) is 1. The minimum atomic E-state index is -1.07. The smallest absolute Gasteiger partial charge is 0.253 e. The Morgan fingerprint density at radius 3 is 2.09 bits per heavy atom. The van der Waals surface area contributed by atoms with Gasteiger partial charge in [0.05, 0.1) is 87.4 Å². The van der Waals surface area contributed by atoms with Crippen LogP contribution in [0.3, 0.4) is 0 Å². The molecule has 1 N–H and O–H groups in total. The molecule has 0 bridgehead atoms. The number of nitrogens with zero attached hydrogens (tertiary/aromatic N) is 4. The highest BCUT2D eigenvalue weighted by Crippen LogP contribution is 2.36. The molecular formula is C56H83N5O12S. The lowest BCUT2D eigenvalue weighted by Crippen LogP contribution is -2.56. The maximum atomic E-state index is 14.8. The molecule has 2 aromatic rings. The van der Waals surface area contributed by atoms with Gasteiger partial charge in [0.25, 0.3) is 11.8 Å². The van der Waals surface area contributed by atoms with Crippen LogP contribution in [-0.2, 0) is 63.7 Å². The fourth-order valence-electron chi connectivity index (χ4n) is 10.9. The lowest BCUT2D eigenvalue weighted by atomic mass is 9.80. The molecule has 0 spiro atoms. The number of methoxy groups -OCH3 is 2. The van der Waals surface area contributed by atoms with Crippen molar-refractivity contribution in [1.82, 2.24) is 25.0 Å². The van der Waals surface area contributed by atoms with Crippen molar-refractivity contribution < 1.29 is 57.2 Å². The van der Waals surface area contributed by atoms with Gasteiger partial charge >= 0.3 is 0 Å². The van der Waals surface area contributed by atoms with Gasteiger partial charge in [0.2, 0.25) is 17.7 Å². The van der Waals surface area contributed by atoms with E-state index in [2.05, 4.69) is 22.4 Å². The number of rotatable bonds is 34. The summed E-state index contributed by atoms with van der Waals surface area (Å²) >= 11 is 1.55. The summed E-state index contributed by atoms with van der Waals surface area (Å²) in [6.07, 6.45) is 8.76. The van der Waals surface area contributed by atoms with Gasteiger partial charge in [-0.3, -0.25) is 38.5 Å². The standard InChI is InChI=1S/C56H83N5O12S/c1-9-39(4)52(46(69-7)37-51(67)60-25-15-18-44(60)53(70-8)40(5)45(62)35-42(54-57-24-33-74-54)34-41-16-11-10-12-17-41)59(6)55(68)43(38(2)3)36-47(63)56(22-13-14-23-56)58-48(64)21-27-71-29-31-73-32-30-72-28-26-61-49(65)19-20-50(61)66/h10-12,16-17,19-20,24,33,38-40,42-44,46,52-53H,9,13-15,18,21-23,25-32,34-37H2,1-8H3,(H,58,64)/t39-,40-,42+,43-,44-,46+,52-,53+/m0/s1. The molecule has 410 valence electrons. The molecule has 17 nitrogen and oxygen atoms in total. The Kier molecular flexibility index (Phi) is 24.5. The van der Waals surface area contributed by atoms with E-state index in [1.165, 1.54) is 12.2 Å². The number of benzene rings is 1. The van der Waals surface area contributed by atoms with Crippen molar-refractivity contribution in [2.45, 2.75) is 147 Å². The van der Waals surface area contributed by atoms with Gasteiger partial charge in [-0.25, -0.2) is 4.98 Å². The first-order valence-electron chi connectivity index (χ1n) is 26.7. The molecule has 0 radical (unpaired) electrons. The van der Waals surface area contributed by atoms with Gasteiger partial charge in [-0.15, -0.1) is 11.3 Å². The summed E-state index contributed by atoms with van der Waals surface area (Å²) in [6.45, 7) is 12.0. The number of carbonyl (C=O) groups is 7. The van der Waals surface area contributed by atoms with E-state index in [4.69, 9.17) is 23.7 Å². The number of likely N-dealkylation sites (N-methyl/N-ethyl adjacent to an activating group) is 1. The van der Waals surface area contributed by atoms with Gasteiger partial charge < -0.3 is 38.8 Å². The van der Waals surface area contributed by atoms with E-state index >= 15 is 0 Å².